The summed E-state index contributed by atoms with van der Waals surface area (Å²) >= 11 is 0. The molecule has 0 nitrogen and oxygen atoms in total. The van der Waals surface area contributed by atoms with Crippen molar-refractivity contribution in [1.82, 2.24) is 0 Å². The van der Waals surface area contributed by atoms with Crippen LogP contribution in [-0.2, 0) is 23.2 Å². The maximum absolute atomic E-state index is 2.46. The van der Waals surface area contributed by atoms with Crippen molar-refractivity contribution >= 4 is 7.92 Å². The summed E-state index contributed by atoms with van der Waals surface area (Å²) in [4.78, 5) is 0. The van der Waals surface area contributed by atoms with E-state index in [2.05, 4.69) is 72.8 Å². The molecule has 3 aromatic carbocycles. The number of rotatable bonds is 5. The van der Waals surface area contributed by atoms with Gasteiger partial charge in [-0.3, -0.25) is 0 Å². The number of hydrogen-bond donors (Lipinski definition) is 0. The molecule has 0 aliphatic heterocycles. The fraction of sp³-hybridized carbons (Fsp3) is 0.568. The molecule has 0 aromatic heterocycles. The van der Waals surface area contributed by atoms with Crippen molar-refractivity contribution in [2.75, 3.05) is 0 Å². The molecule has 0 unspecified atom stereocenters. The van der Waals surface area contributed by atoms with Crippen molar-refractivity contribution < 1.29 is 17.1 Å². The first-order valence-corrected chi connectivity index (χ1v) is 17.7. The van der Waals surface area contributed by atoms with E-state index in [9.17, 15) is 0 Å². The molecular formula is C37H45FeP-6. The van der Waals surface area contributed by atoms with Gasteiger partial charge in [-0.2, -0.15) is 18.3 Å². The van der Waals surface area contributed by atoms with Gasteiger partial charge in [0.2, 0.25) is 0 Å². The number of hydrogen-bond acceptors (Lipinski definition) is 0. The second kappa shape index (κ2) is 11.3. The monoisotopic (exact) mass is 576 g/mol. The van der Waals surface area contributed by atoms with E-state index < -0.39 is 0 Å². The third-order valence-electron chi connectivity index (χ3n) is 12.0. The molecule has 39 heavy (non-hydrogen) atoms. The molecule has 8 aliphatic carbocycles. The maximum atomic E-state index is 2.46. The van der Waals surface area contributed by atoms with E-state index in [0.717, 1.165) is 58.7 Å². The van der Waals surface area contributed by atoms with Gasteiger partial charge in [-0.25, -0.2) is 0 Å². The Hall–Kier alpha value is -1.13. The Bertz CT molecular complexity index is 1080. The third kappa shape index (κ3) is 5.20. The zero-order chi connectivity index (χ0) is 25.1. The molecule has 8 bridgehead atoms. The Morgan fingerprint density at radius 2 is 1.03 bits per heavy atom. The van der Waals surface area contributed by atoms with Gasteiger partial charge in [-0.05, 0) is 123 Å². The summed E-state index contributed by atoms with van der Waals surface area (Å²) in [5, 5.41) is 0. The molecule has 0 N–H and O–H groups in total. The minimum atomic E-state index is 0. The Labute approximate surface area is 248 Å². The summed E-state index contributed by atoms with van der Waals surface area (Å²) in [5.41, 5.74) is 6.60. The normalized spacial score (nSPS) is 39.6. The van der Waals surface area contributed by atoms with Crippen molar-refractivity contribution in [2.45, 2.75) is 81.7 Å². The average molecular weight is 577 g/mol. The largest absolute Gasteiger partial charge is 0.748 e. The van der Waals surface area contributed by atoms with Gasteiger partial charge in [0.1, 0.15) is 0 Å². The third-order valence-corrected chi connectivity index (χ3v) is 15.9. The zero-order valence-corrected chi connectivity index (χ0v) is 25.4. The average Bonchev–Trinajstić information content (AvgIpc) is 3.63. The molecule has 0 saturated heterocycles. The maximum Gasteiger partial charge on any atom is 0 e. The molecule has 0 atom stereocenters. The number of benzene rings is 1. The van der Waals surface area contributed by atoms with Crippen molar-refractivity contribution in [3.05, 3.63) is 84.4 Å². The molecule has 2 heteroatoms. The molecule has 0 radical (unpaired) electrons. The predicted octanol–water partition coefficient (Wildman–Crippen LogP) is 10.1. The second-order valence-corrected chi connectivity index (χ2v) is 16.9. The van der Waals surface area contributed by atoms with Gasteiger partial charge in [-0.1, -0.05) is 23.8 Å². The van der Waals surface area contributed by atoms with Gasteiger partial charge in [0.15, 0.2) is 0 Å². The van der Waals surface area contributed by atoms with Crippen LogP contribution in [0.25, 0.3) is 11.1 Å². The summed E-state index contributed by atoms with van der Waals surface area (Å²) in [5.74, 6) is 9.10. The van der Waals surface area contributed by atoms with E-state index in [1.165, 1.54) is 17.3 Å². The van der Waals surface area contributed by atoms with Crippen molar-refractivity contribution in [3.8, 4) is 11.1 Å². The van der Waals surface area contributed by atoms with Crippen LogP contribution >= 0.6 is 7.92 Å². The van der Waals surface area contributed by atoms with E-state index in [4.69, 9.17) is 0 Å². The standard InChI is InChI=1S/C26H36P.C11H9.Fe/c1-2-4-16(3-1)15-27(25-21-7-17-5-18(9-21)10-22(25)8-17)26-23-11-19-6-20(13-23)14-24(26)12-19;1-2-6-10(7-3-1)11-8-4-5-9-11;/h1-4,17-26H,5-15H2;1-9H;/q-5;-1;. The van der Waals surface area contributed by atoms with E-state index in [0.29, 0.717) is 0 Å². The van der Waals surface area contributed by atoms with Crippen LogP contribution in [-0.4, -0.2) is 11.3 Å². The van der Waals surface area contributed by atoms with E-state index >= 15 is 0 Å². The Balaban J connectivity index is 0.000000179. The molecule has 8 aliphatic rings. The van der Waals surface area contributed by atoms with Crippen LogP contribution in [0, 0.1) is 47.3 Å². The quantitative estimate of drug-likeness (QED) is 0.161. The first kappa shape index (κ1) is 26.7. The topological polar surface area (TPSA) is 0 Å². The molecule has 212 valence electrons. The van der Waals surface area contributed by atoms with Crippen LogP contribution in [0.15, 0.2) is 78.9 Å². The second-order valence-electron chi connectivity index (χ2n) is 14.3. The van der Waals surface area contributed by atoms with Gasteiger partial charge < -0.3 is 29.8 Å². The minimum absolute atomic E-state index is 0. The zero-order valence-electron chi connectivity index (χ0n) is 23.4. The first-order chi connectivity index (χ1) is 18.8. The van der Waals surface area contributed by atoms with Gasteiger partial charge in [0.05, 0.1) is 0 Å². The SMILES string of the molecule is [Fe].[cH-]1[cH-][cH-][c-](CP(C2C3CC4CC(C3)CC2C4)C2C3CC4CC(C3)CC2C4)[cH-]1.c1ccc(-[c-]2cccc2)cc1. The van der Waals surface area contributed by atoms with Crippen molar-refractivity contribution in [1.29, 1.82) is 0 Å². The van der Waals surface area contributed by atoms with E-state index in [1.807, 2.05) is 6.07 Å². The minimum Gasteiger partial charge on any atom is -0.748 e. The van der Waals surface area contributed by atoms with Crippen molar-refractivity contribution in [2.24, 2.45) is 47.3 Å². The molecule has 3 aromatic rings. The van der Waals surface area contributed by atoms with Crippen LogP contribution < -0.4 is 0 Å². The summed E-state index contributed by atoms with van der Waals surface area (Å²) < 4.78 is 0. The summed E-state index contributed by atoms with van der Waals surface area (Å²) in [6.07, 6.45) is 17.7. The van der Waals surface area contributed by atoms with E-state index in [-0.39, 0.29) is 25.0 Å². The van der Waals surface area contributed by atoms with Crippen LogP contribution in [0.2, 0.25) is 0 Å². The van der Waals surface area contributed by atoms with Gasteiger partial charge in [0, 0.05) is 17.1 Å². The fourth-order valence-corrected chi connectivity index (χ4v) is 15.8. The Kier molecular flexibility index (Phi) is 7.73. The molecule has 11 rings (SSSR count). The van der Waals surface area contributed by atoms with Gasteiger partial charge >= 0.3 is 0 Å². The van der Waals surface area contributed by atoms with Crippen LogP contribution in [0.3, 0.4) is 0 Å². The molecule has 8 fully saturated rings. The first-order valence-electron chi connectivity index (χ1n) is 16.0. The molecule has 0 heterocycles. The Morgan fingerprint density at radius 1 is 0.590 bits per heavy atom. The van der Waals surface area contributed by atoms with Crippen LogP contribution in [0.1, 0.15) is 69.8 Å². The molecule has 0 spiro atoms. The predicted molar refractivity (Wildman–Crippen MR) is 162 cm³/mol. The van der Waals surface area contributed by atoms with Crippen LogP contribution in [0.4, 0.5) is 0 Å². The Morgan fingerprint density at radius 3 is 1.46 bits per heavy atom. The molecular weight excluding hydrogens is 531 g/mol. The summed E-state index contributed by atoms with van der Waals surface area (Å²) in [6.45, 7) is 0. The fourth-order valence-electron chi connectivity index (χ4n) is 11.2. The van der Waals surface area contributed by atoms with Gasteiger partial charge in [-0.15, -0.1) is 37.8 Å². The van der Waals surface area contributed by atoms with E-state index in [1.54, 1.807) is 69.8 Å². The molecule has 0 amide bonds. The van der Waals surface area contributed by atoms with Crippen molar-refractivity contribution in [3.63, 3.8) is 0 Å². The summed E-state index contributed by atoms with van der Waals surface area (Å²) in [7, 11) is 0.189. The summed E-state index contributed by atoms with van der Waals surface area (Å²) in [6, 6.07) is 28.3. The van der Waals surface area contributed by atoms with Gasteiger partial charge in [0.25, 0.3) is 0 Å². The smallest absolute Gasteiger partial charge is 0 e. The molecule has 8 saturated carbocycles. The van der Waals surface area contributed by atoms with Crippen LogP contribution in [0.5, 0.6) is 0 Å².